The van der Waals surface area contributed by atoms with Gasteiger partial charge in [0.2, 0.25) is 0 Å². The molecule has 0 aliphatic carbocycles. The zero-order valence-corrected chi connectivity index (χ0v) is 8.65. The van der Waals surface area contributed by atoms with E-state index in [0.717, 1.165) is 0 Å². The minimum Gasteiger partial charge on any atom is -0.507 e. The van der Waals surface area contributed by atoms with Gasteiger partial charge < -0.3 is 9.84 Å². The van der Waals surface area contributed by atoms with E-state index in [4.69, 9.17) is 21.6 Å². The third-order valence-electron chi connectivity index (χ3n) is 1.65. The summed E-state index contributed by atoms with van der Waals surface area (Å²) in [5.41, 5.74) is -0.0125. The zero-order valence-electron chi connectivity index (χ0n) is 7.90. The molecule has 1 aromatic carbocycles. The summed E-state index contributed by atoms with van der Waals surface area (Å²) < 4.78 is 4.70. The molecule has 0 fully saturated rings. The van der Waals surface area contributed by atoms with Crippen LogP contribution in [0.2, 0.25) is 5.02 Å². The van der Waals surface area contributed by atoms with Crippen LogP contribution in [0, 0.1) is 11.3 Å². The van der Waals surface area contributed by atoms with Crippen molar-refractivity contribution in [3.05, 3.63) is 28.8 Å². The van der Waals surface area contributed by atoms with E-state index in [1.807, 2.05) is 0 Å². The van der Waals surface area contributed by atoms with Crippen molar-refractivity contribution in [3.8, 4) is 11.8 Å². The van der Waals surface area contributed by atoms with Gasteiger partial charge in [-0.05, 0) is 25.1 Å². The fraction of sp³-hybridized carbons (Fsp3) is 0.200. The lowest BCUT2D eigenvalue weighted by molar-refractivity contribution is 0.0432. The quantitative estimate of drug-likeness (QED) is 0.783. The molecule has 1 atom stereocenters. The molecule has 1 N–H and O–H groups in total. The van der Waals surface area contributed by atoms with Crippen LogP contribution >= 0.6 is 11.6 Å². The second-order valence-electron chi connectivity index (χ2n) is 2.84. The first-order valence-electron chi connectivity index (χ1n) is 4.13. The van der Waals surface area contributed by atoms with Gasteiger partial charge in [0.1, 0.15) is 17.4 Å². The van der Waals surface area contributed by atoms with Crippen molar-refractivity contribution in [3.63, 3.8) is 0 Å². The number of hydrogen-bond donors (Lipinski definition) is 1. The molecule has 0 unspecified atom stereocenters. The predicted octanol–water partition coefficient (Wildman–Crippen LogP) is 2.11. The van der Waals surface area contributed by atoms with Crippen LogP contribution in [0.1, 0.15) is 17.3 Å². The fourth-order valence-corrected chi connectivity index (χ4v) is 1.09. The SMILES string of the molecule is C[C@H](C#N)OC(=O)c1ccc(Cl)cc1O. The average Bonchev–Trinajstić information content (AvgIpc) is 2.17. The van der Waals surface area contributed by atoms with Crippen molar-refractivity contribution >= 4 is 17.6 Å². The molecule has 5 heteroatoms. The van der Waals surface area contributed by atoms with Crippen molar-refractivity contribution in [2.75, 3.05) is 0 Å². The summed E-state index contributed by atoms with van der Waals surface area (Å²) in [7, 11) is 0. The lowest BCUT2D eigenvalue weighted by Gasteiger charge is -2.07. The molecule has 0 saturated heterocycles. The standard InChI is InChI=1S/C10H8ClNO3/c1-6(5-12)15-10(14)8-3-2-7(11)4-9(8)13/h2-4,6,13H,1H3/t6-/m1/s1. The van der Waals surface area contributed by atoms with Crippen LogP contribution in [0.5, 0.6) is 5.75 Å². The molecule has 0 aliphatic rings. The molecule has 0 amide bonds. The minimum atomic E-state index is -0.854. The zero-order chi connectivity index (χ0) is 11.4. The first-order chi connectivity index (χ1) is 7.04. The number of aromatic hydroxyl groups is 1. The molecule has 0 aliphatic heterocycles. The van der Waals surface area contributed by atoms with E-state index in [1.54, 1.807) is 6.07 Å². The van der Waals surface area contributed by atoms with Crippen LogP contribution in [-0.4, -0.2) is 17.2 Å². The first-order valence-corrected chi connectivity index (χ1v) is 4.51. The summed E-state index contributed by atoms with van der Waals surface area (Å²) in [6, 6.07) is 5.77. The number of benzene rings is 1. The lowest BCUT2D eigenvalue weighted by atomic mass is 10.2. The van der Waals surface area contributed by atoms with Crippen molar-refractivity contribution in [2.45, 2.75) is 13.0 Å². The smallest absolute Gasteiger partial charge is 0.343 e. The molecule has 0 radical (unpaired) electrons. The van der Waals surface area contributed by atoms with Gasteiger partial charge in [-0.2, -0.15) is 5.26 Å². The Labute approximate surface area is 91.7 Å². The molecular weight excluding hydrogens is 218 g/mol. The summed E-state index contributed by atoms with van der Waals surface area (Å²) in [5.74, 6) is -1.02. The van der Waals surface area contributed by atoms with Crippen LogP contribution in [0.4, 0.5) is 0 Å². The largest absolute Gasteiger partial charge is 0.507 e. The Morgan fingerprint density at radius 3 is 2.87 bits per heavy atom. The van der Waals surface area contributed by atoms with Crippen LogP contribution in [0.15, 0.2) is 18.2 Å². The highest BCUT2D eigenvalue weighted by Crippen LogP contribution is 2.22. The van der Waals surface area contributed by atoms with Gasteiger partial charge in [0.15, 0.2) is 6.10 Å². The highest BCUT2D eigenvalue weighted by atomic mass is 35.5. The Morgan fingerprint density at radius 2 is 2.33 bits per heavy atom. The van der Waals surface area contributed by atoms with Gasteiger partial charge in [-0.3, -0.25) is 0 Å². The summed E-state index contributed by atoms with van der Waals surface area (Å²) in [6.45, 7) is 1.44. The minimum absolute atomic E-state index is 0.0125. The van der Waals surface area contributed by atoms with Crippen molar-refractivity contribution in [1.29, 1.82) is 5.26 Å². The molecule has 1 rings (SSSR count). The molecule has 78 valence electrons. The number of rotatable bonds is 2. The number of phenols is 1. The Kier molecular flexibility index (Phi) is 3.53. The molecule has 0 saturated carbocycles. The number of ether oxygens (including phenoxy) is 1. The normalized spacial score (nSPS) is 11.5. The Bertz CT molecular complexity index is 425. The summed E-state index contributed by atoms with van der Waals surface area (Å²) in [6.07, 6.45) is -0.854. The second-order valence-corrected chi connectivity index (χ2v) is 3.27. The average molecular weight is 226 g/mol. The van der Waals surface area contributed by atoms with Gasteiger partial charge in [0.05, 0.1) is 0 Å². The maximum atomic E-state index is 11.4. The van der Waals surface area contributed by atoms with Gasteiger partial charge in [-0.25, -0.2) is 4.79 Å². The van der Waals surface area contributed by atoms with Crippen molar-refractivity contribution in [1.82, 2.24) is 0 Å². The van der Waals surface area contributed by atoms with E-state index < -0.39 is 12.1 Å². The second kappa shape index (κ2) is 4.67. The van der Waals surface area contributed by atoms with Crippen LogP contribution in [0.3, 0.4) is 0 Å². The Hall–Kier alpha value is -1.73. The molecular formula is C10H8ClNO3. The van der Waals surface area contributed by atoms with Crippen molar-refractivity contribution < 1.29 is 14.6 Å². The molecule has 1 aromatic rings. The summed E-state index contributed by atoms with van der Waals surface area (Å²) in [4.78, 5) is 11.4. The van der Waals surface area contributed by atoms with Gasteiger partial charge in [0, 0.05) is 5.02 Å². The van der Waals surface area contributed by atoms with Crippen molar-refractivity contribution in [2.24, 2.45) is 0 Å². The third kappa shape index (κ3) is 2.86. The van der Waals surface area contributed by atoms with E-state index in [2.05, 4.69) is 0 Å². The Morgan fingerprint density at radius 1 is 1.67 bits per heavy atom. The van der Waals surface area contributed by atoms with Crippen LogP contribution < -0.4 is 0 Å². The number of esters is 1. The number of halogens is 1. The van der Waals surface area contributed by atoms with Gasteiger partial charge in [-0.15, -0.1) is 0 Å². The molecule has 0 heterocycles. The number of carbonyl (C=O) groups is 1. The highest BCUT2D eigenvalue weighted by molar-refractivity contribution is 6.30. The van der Waals surface area contributed by atoms with Gasteiger partial charge >= 0.3 is 5.97 Å². The number of phenolic OH excluding ortho intramolecular Hbond substituents is 1. The van der Waals surface area contributed by atoms with E-state index in [9.17, 15) is 9.90 Å². The summed E-state index contributed by atoms with van der Waals surface area (Å²) >= 11 is 5.59. The maximum absolute atomic E-state index is 11.4. The lowest BCUT2D eigenvalue weighted by Crippen LogP contribution is -2.13. The first kappa shape index (κ1) is 11.3. The molecule has 0 spiro atoms. The predicted molar refractivity (Wildman–Crippen MR) is 53.6 cm³/mol. The van der Waals surface area contributed by atoms with E-state index in [-0.39, 0.29) is 11.3 Å². The monoisotopic (exact) mass is 225 g/mol. The highest BCUT2D eigenvalue weighted by Gasteiger charge is 2.15. The van der Waals surface area contributed by atoms with E-state index in [1.165, 1.54) is 25.1 Å². The molecule has 4 nitrogen and oxygen atoms in total. The van der Waals surface area contributed by atoms with Crippen LogP contribution in [-0.2, 0) is 4.74 Å². The molecule has 0 aromatic heterocycles. The Balaban J connectivity index is 2.88. The van der Waals surface area contributed by atoms with Gasteiger partial charge in [0.25, 0.3) is 0 Å². The van der Waals surface area contributed by atoms with E-state index >= 15 is 0 Å². The fourth-order valence-electron chi connectivity index (χ4n) is 0.928. The number of carbonyl (C=O) groups excluding carboxylic acids is 1. The molecule has 0 bridgehead atoms. The third-order valence-corrected chi connectivity index (χ3v) is 1.88. The number of nitrogens with zero attached hydrogens (tertiary/aromatic N) is 1. The van der Waals surface area contributed by atoms with Crippen LogP contribution in [0.25, 0.3) is 0 Å². The maximum Gasteiger partial charge on any atom is 0.343 e. The van der Waals surface area contributed by atoms with E-state index in [0.29, 0.717) is 5.02 Å². The molecule has 15 heavy (non-hydrogen) atoms. The number of hydrogen-bond acceptors (Lipinski definition) is 4. The van der Waals surface area contributed by atoms with Gasteiger partial charge in [-0.1, -0.05) is 11.6 Å². The number of nitriles is 1. The topological polar surface area (TPSA) is 70.3 Å². The summed E-state index contributed by atoms with van der Waals surface area (Å²) in [5, 5.41) is 18.1.